The first-order chi connectivity index (χ1) is 27.7. The summed E-state index contributed by atoms with van der Waals surface area (Å²) in [5, 5.41) is 0. The molecule has 0 saturated heterocycles. The molecular formula is C51H70F2O3. The van der Waals surface area contributed by atoms with E-state index >= 15 is 0 Å². The smallest absolute Gasteiger partial charge is 0.166 e. The van der Waals surface area contributed by atoms with Crippen molar-refractivity contribution >= 4 is 0 Å². The van der Waals surface area contributed by atoms with Crippen LogP contribution in [0, 0.1) is 11.6 Å². The number of hydrogen-bond donors (Lipinski definition) is 0. The lowest BCUT2D eigenvalue weighted by molar-refractivity contribution is 0.116. The zero-order chi connectivity index (χ0) is 39.1. The fourth-order valence-electron chi connectivity index (χ4n) is 7.40. The van der Waals surface area contributed by atoms with E-state index in [4.69, 9.17) is 14.2 Å². The first-order valence-electron chi connectivity index (χ1n) is 22.1. The highest BCUT2D eigenvalue weighted by Gasteiger charge is 2.13. The molecule has 0 aliphatic carbocycles. The van der Waals surface area contributed by atoms with Crippen molar-refractivity contribution in [3.05, 3.63) is 126 Å². The summed E-state index contributed by atoms with van der Waals surface area (Å²) < 4.78 is 46.4. The topological polar surface area (TPSA) is 27.7 Å². The van der Waals surface area contributed by atoms with Gasteiger partial charge < -0.3 is 14.2 Å². The SMILES string of the molecule is Fc1cccc(-c2ccc(OC(CCCCCCCCCCCCOCc3ccccc3)CCCCCCCCCCCCOCc3ccccc3)cc2)c1F. The molecule has 5 heteroatoms. The summed E-state index contributed by atoms with van der Waals surface area (Å²) in [5.74, 6) is -0.823. The van der Waals surface area contributed by atoms with Gasteiger partial charge in [-0.25, -0.2) is 8.78 Å². The molecule has 4 rings (SSSR count). The summed E-state index contributed by atoms with van der Waals surface area (Å²) in [5.41, 5.74) is 3.44. The van der Waals surface area contributed by atoms with Gasteiger partial charge in [-0.05, 0) is 73.4 Å². The van der Waals surface area contributed by atoms with E-state index in [9.17, 15) is 8.78 Å². The Balaban J connectivity index is 1.04. The van der Waals surface area contributed by atoms with Crippen LogP contribution in [0.25, 0.3) is 11.1 Å². The molecule has 0 spiro atoms. The largest absolute Gasteiger partial charge is 0.490 e. The number of rotatable bonds is 33. The Morgan fingerprint density at radius 3 is 1.25 bits per heavy atom. The van der Waals surface area contributed by atoms with Gasteiger partial charge in [-0.2, -0.15) is 0 Å². The van der Waals surface area contributed by atoms with Gasteiger partial charge in [0.05, 0.1) is 19.3 Å². The zero-order valence-electron chi connectivity index (χ0n) is 34.3. The van der Waals surface area contributed by atoms with Gasteiger partial charge >= 0.3 is 0 Å². The third-order valence-corrected chi connectivity index (χ3v) is 10.8. The van der Waals surface area contributed by atoms with E-state index in [1.807, 2.05) is 36.4 Å². The zero-order valence-corrected chi connectivity index (χ0v) is 34.3. The van der Waals surface area contributed by atoms with Gasteiger partial charge in [-0.3, -0.25) is 0 Å². The van der Waals surface area contributed by atoms with Crippen molar-refractivity contribution in [1.82, 2.24) is 0 Å². The molecule has 0 unspecified atom stereocenters. The van der Waals surface area contributed by atoms with Gasteiger partial charge in [-0.1, -0.05) is 188 Å². The van der Waals surface area contributed by atoms with Crippen LogP contribution in [0.15, 0.2) is 103 Å². The molecule has 4 aromatic rings. The normalized spacial score (nSPS) is 11.4. The summed E-state index contributed by atoms with van der Waals surface area (Å²) in [6.45, 7) is 3.15. The molecule has 0 bridgehead atoms. The van der Waals surface area contributed by atoms with Crippen LogP contribution < -0.4 is 4.74 Å². The minimum atomic E-state index is -0.824. The summed E-state index contributed by atoms with van der Waals surface area (Å²) in [6, 6.07) is 32.6. The van der Waals surface area contributed by atoms with E-state index in [-0.39, 0.29) is 11.7 Å². The molecule has 4 aromatic carbocycles. The summed E-state index contributed by atoms with van der Waals surface area (Å²) in [6.07, 6.45) is 27.7. The van der Waals surface area contributed by atoms with Crippen LogP contribution in [0.4, 0.5) is 8.78 Å². The van der Waals surface area contributed by atoms with E-state index < -0.39 is 11.6 Å². The van der Waals surface area contributed by atoms with Crippen molar-refractivity contribution in [2.75, 3.05) is 13.2 Å². The molecule has 0 fully saturated rings. The van der Waals surface area contributed by atoms with Crippen molar-refractivity contribution in [2.45, 2.75) is 161 Å². The van der Waals surface area contributed by atoms with E-state index in [0.29, 0.717) is 5.56 Å². The average Bonchev–Trinajstić information content (AvgIpc) is 3.23. The van der Waals surface area contributed by atoms with Crippen molar-refractivity contribution in [2.24, 2.45) is 0 Å². The van der Waals surface area contributed by atoms with E-state index in [1.165, 1.54) is 127 Å². The molecule has 0 N–H and O–H groups in total. The Labute approximate surface area is 338 Å². The first kappa shape index (κ1) is 45.2. The minimum absolute atomic E-state index is 0.181. The molecule has 0 heterocycles. The highest BCUT2D eigenvalue weighted by Crippen LogP contribution is 2.28. The lowest BCUT2D eigenvalue weighted by atomic mass is 10.0. The van der Waals surface area contributed by atoms with Crippen LogP contribution in [0.5, 0.6) is 5.75 Å². The quantitative estimate of drug-likeness (QED) is 0.0452. The maximum Gasteiger partial charge on any atom is 0.166 e. The third kappa shape index (κ3) is 20.1. The van der Waals surface area contributed by atoms with Crippen LogP contribution in [-0.2, 0) is 22.7 Å². The molecule has 0 aromatic heterocycles. The molecule has 0 aliphatic heterocycles. The number of benzene rings is 4. The number of unbranched alkanes of at least 4 members (excludes halogenated alkanes) is 18. The minimum Gasteiger partial charge on any atom is -0.490 e. The van der Waals surface area contributed by atoms with Gasteiger partial charge in [0.1, 0.15) is 5.75 Å². The van der Waals surface area contributed by atoms with Gasteiger partial charge in [0.2, 0.25) is 0 Å². The lowest BCUT2D eigenvalue weighted by Crippen LogP contribution is -2.16. The second kappa shape index (κ2) is 29.7. The van der Waals surface area contributed by atoms with Gasteiger partial charge in [0.25, 0.3) is 0 Å². The van der Waals surface area contributed by atoms with Gasteiger partial charge in [0.15, 0.2) is 11.6 Å². The highest BCUT2D eigenvalue weighted by molar-refractivity contribution is 5.64. The monoisotopic (exact) mass is 769 g/mol. The molecule has 0 aliphatic rings. The second-order valence-corrected chi connectivity index (χ2v) is 15.6. The maximum absolute atomic E-state index is 14.4. The molecular weight excluding hydrogens is 699 g/mol. The standard InChI is InChI=1S/C51H70F2O3/c52-50-35-27-34-49(51(50)53)46-36-38-48(39-37-46)56-47(32-23-13-9-5-1-3-7-11-15-25-40-54-42-44-28-19-17-20-29-44)33-24-14-10-6-2-4-8-12-16-26-41-55-43-45-30-21-18-22-31-45/h17-22,27-31,34-39,47H,1-16,23-26,32-33,40-43H2. The van der Waals surface area contributed by atoms with Crippen LogP contribution in [0.2, 0.25) is 0 Å². The summed E-state index contributed by atoms with van der Waals surface area (Å²) in [7, 11) is 0. The van der Waals surface area contributed by atoms with E-state index in [2.05, 4.69) is 48.5 Å². The summed E-state index contributed by atoms with van der Waals surface area (Å²) >= 11 is 0. The molecule has 306 valence electrons. The third-order valence-electron chi connectivity index (χ3n) is 10.8. The van der Waals surface area contributed by atoms with Crippen molar-refractivity contribution < 1.29 is 23.0 Å². The Bertz CT molecular complexity index is 1440. The van der Waals surface area contributed by atoms with E-state index in [1.54, 1.807) is 12.1 Å². The van der Waals surface area contributed by atoms with Crippen LogP contribution in [0.3, 0.4) is 0 Å². The molecule has 0 atom stereocenters. The molecule has 0 radical (unpaired) electrons. The fourth-order valence-corrected chi connectivity index (χ4v) is 7.40. The summed E-state index contributed by atoms with van der Waals surface area (Å²) in [4.78, 5) is 0. The molecule has 0 saturated carbocycles. The number of hydrogen-bond acceptors (Lipinski definition) is 3. The van der Waals surface area contributed by atoms with Crippen molar-refractivity contribution in [3.8, 4) is 16.9 Å². The molecule has 3 nitrogen and oxygen atoms in total. The molecule has 56 heavy (non-hydrogen) atoms. The highest BCUT2D eigenvalue weighted by atomic mass is 19.2. The predicted octanol–water partition coefficient (Wildman–Crippen LogP) is 15.4. The van der Waals surface area contributed by atoms with Crippen LogP contribution >= 0.6 is 0 Å². The van der Waals surface area contributed by atoms with Gasteiger partial charge in [0, 0.05) is 18.8 Å². The second-order valence-electron chi connectivity index (χ2n) is 15.6. The van der Waals surface area contributed by atoms with Crippen LogP contribution in [-0.4, -0.2) is 19.3 Å². The van der Waals surface area contributed by atoms with Crippen molar-refractivity contribution in [1.29, 1.82) is 0 Å². The van der Waals surface area contributed by atoms with E-state index in [0.717, 1.165) is 63.9 Å². The Hall–Kier alpha value is -3.54. The fraction of sp³-hybridized carbons (Fsp3) is 0.529. The van der Waals surface area contributed by atoms with Gasteiger partial charge in [-0.15, -0.1) is 0 Å². The number of ether oxygens (including phenoxy) is 3. The van der Waals surface area contributed by atoms with Crippen LogP contribution in [0.1, 0.15) is 152 Å². The predicted molar refractivity (Wildman–Crippen MR) is 230 cm³/mol. The Kier molecular flexibility index (Phi) is 23.9. The lowest BCUT2D eigenvalue weighted by Gasteiger charge is -2.20. The Morgan fingerprint density at radius 1 is 0.393 bits per heavy atom. The molecule has 0 amide bonds. The average molecular weight is 769 g/mol. The van der Waals surface area contributed by atoms with Crippen molar-refractivity contribution in [3.63, 3.8) is 0 Å². The number of halogens is 2. The maximum atomic E-state index is 14.4. The first-order valence-corrected chi connectivity index (χ1v) is 22.1. The Morgan fingerprint density at radius 2 is 0.804 bits per heavy atom.